The van der Waals surface area contributed by atoms with E-state index >= 15 is 0 Å². The van der Waals surface area contributed by atoms with E-state index in [1.54, 1.807) is 27.7 Å². The van der Waals surface area contributed by atoms with Crippen molar-refractivity contribution in [1.29, 1.82) is 0 Å². The highest BCUT2D eigenvalue weighted by molar-refractivity contribution is 5.94. The highest BCUT2D eigenvalue weighted by Gasteiger charge is 2.32. The molecule has 0 aromatic carbocycles. The molecule has 0 aliphatic rings. The number of amides is 3. The maximum absolute atomic E-state index is 12.9. The fourth-order valence-corrected chi connectivity index (χ4v) is 3.01. The molecule has 14 heteroatoms. The lowest BCUT2D eigenvalue weighted by molar-refractivity contribution is -0.144. The van der Waals surface area contributed by atoms with E-state index in [1.165, 1.54) is 0 Å². The molecule has 0 heterocycles. The van der Waals surface area contributed by atoms with E-state index in [0.717, 1.165) is 0 Å². The summed E-state index contributed by atoms with van der Waals surface area (Å²) in [6, 6.07) is -4.58. The summed E-state index contributed by atoms with van der Waals surface area (Å²) in [7, 11) is 0. The van der Waals surface area contributed by atoms with Crippen LogP contribution in [0.25, 0.3) is 0 Å². The summed E-state index contributed by atoms with van der Waals surface area (Å²) in [6.07, 6.45) is -0.0366. The Morgan fingerprint density at radius 1 is 0.800 bits per heavy atom. The first-order valence-corrected chi connectivity index (χ1v) is 11.3. The second-order valence-corrected chi connectivity index (χ2v) is 8.85. The second-order valence-electron chi connectivity index (χ2n) is 8.85. The third-order valence-corrected chi connectivity index (χ3v) is 5.06. The van der Waals surface area contributed by atoms with Crippen molar-refractivity contribution in [2.75, 3.05) is 6.54 Å². The first-order valence-electron chi connectivity index (χ1n) is 11.3. The van der Waals surface area contributed by atoms with Gasteiger partial charge in [0.2, 0.25) is 17.7 Å². The van der Waals surface area contributed by atoms with Crippen LogP contribution in [0.3, 0.4) is 0 Å². The molecule has 0 saturated carbocycles. The van der Waals surface area contributed by atoms with Crippen molar-refractivity contribution >= 4 is 35.6 Å². The van der Waals surface area contributed by atoms with E-state index in [2.05, 4.69) is 20.9 Å². The van der Waals surface area contributed by atoms with Gasteiger partial charge < -0.3 is 43.4 Å². The van der Waals surface area contributed by atoms with Crippen LogP contribution in [0.4, 0.5) is 0 Å². The highest BCUT2D eigenvalue weighted by atomic mass is 16.4. The SMILES string of the molecule is CC(C)C(NC(=O)C(CCC(=O)O)NC(=O)C(NC(=O)C(N)CCCN=C(N)N)C(C)C)C(=O)O. The molecular formula is C21H39N7O7. The molecule has 3 amide bonds. The number of guanidine groups is 1. The molecule has 35 heavy (non-hydrogen) atoms. The van der Waals surface area contributed by atoms with E-state index in [-0.39, 0.29) is 25.3 Å². The van der Waals surface area contributed by atoms with Gasteiger partial charge in [0, 0.05) is 13.0 Å². The summed E-state index contributed by atoms with van der Waals surface area (Å²) in [4.78, 5) is 64.4. The van der Waals surface area contributed by atoms with Gasteiger partial charge in [-0.1, -0.05) is 27.7 Å². The number of carboxylic acids is 2. The van der Waals surface area contributed by atoms with Gasteiger partial charge >= 0.3 is 11.9 Å². The van der Waals surface area contributed by atoms with Crippen LogP contribution in [0.1, 0.15) is 53.4 Å². The van der Waals surface area contributed by atoms with Gasteiger partial charge in [-0.2, -0.15) is 0 Å². The van der Waals surface area contributed by atoms with Gasteiger partial charge in [0.15, 0.2) is 5.96 Å². The maximum atomic E-state index is 12.9. The minimum Gasteiger partial charge on any atom is -0.481 e. The summed E-state index contributed by atoms with van der Waals surface area (Å²) < 4.78 is 0. The Labute approximate surface area is 204 Å². The fourth-order valence-electron chi connectivity index (χ4n) is 3.01. The fraction of sp³-hybridized carbons (Fsp3) is 0.714. The molecule has 0 rings (SSSR count). The maximum Gasteiger partial charge on any atom is 0.326 e. The number of nitrogens with two attached hydrogens (primary N) is 3. The van der Waals surface area contributed by atoms with Crippen molar-refractivity contribution in [2.24, 2.45) is 34.0 Å². The zero-order valence-electron chi connectivity index (χ0n) is 20.6. The largest absolute Gasteiger partial charge is 0.481 e. The van der Waals surface area contributed by atoms with Crippen LogP contribution < -0.4 is 33.2 Å². The van der Waals surface area contributed by atoms with Crippen molar-refractivity contribution in [2.45, 2.75) is 77.5 Å². The number of aliphatic carboxylic acids is 2. The van der Waals surface area contributed by atoms with Gasteiger partial charge in [-0.05, 0) is 31.1 Å². The van der Waals surface area contributed by atoms with Crippen molar-refractivity contribution in [3.05, 3.63) is 0 Å². The van der Waals surface area contributed by atoms with Gasteiger partial charge in [0.25, 0.3) is 0 Å². The first kappa shape index (κ1) is 31.6. The molecular weight excluding hydrogens is 462 g/mol. The number of hydrogen-bond acceptors (Lipinski definition) is 7. The van der Waals surface area contributed by atoms with Crippen LogP contribution in [0.5, 0.6) is 0 Å². The summed E-state index contributed by atoms with van der Waals surface area (Å²) in [5.74, 6) is -5.57. The molecule has 0 saturated heterocycles. The molecule has 11 N–H and O–H groups in total. The predicted octanol–water partition coefficient (Wildman–Crippen LogP) is -1.92. The summed E-state index contributed by atoms with van der Waals surface area (Å²) in [6.45, 7) is 6.80. The lowest BCUT2D eigenvalue weighted by Gasteiger charge is -2.27. The quantitative estimate of drug-likeness (QED) is 0.0661. The number of aliphatic imine (C=N–C) groups is 1. The number of nitrogens with zero attached hydrogens (tertiary/aromatic N) is 1. The summed E-state index contributed by atoms with van der Waals surface area (Å²) in [5.41, 5.74) is 16.4. The zero-order valence-corrected chi connectivity index (χ0v) is 20.6. The normalized spacial score (nSPS) is 14.4. The number of carbonyl (C=O) groups excluding carboxylic acids is 3. The number of carbonyl (C=O) groups is 5. The lowest BCUT2D eigenvalue weighted by atomic mass is 10.0. The van der Waals surface area contributed by atoms with E-state index < -0.39 is 72.1 Å². The van der Waals surface area contributed by atoms with Crippen molar-refractivity contribution in [3.63, 3.8) is 0 Å². The molecule has 200 valence electrons. The van der Waals surface area contributed by atoms with Crippen LogP contribution in [0.15, 0.2) is 4.99 Å². The molecule has 4 atom stereocenters. The van der Waals surface area contributed by atoms with Crippen LogP contribution in [-0.2, 0) is 24.0 Å². The molecule has 0 aromatic heterocycles. The van der Waals surface area contributed by atoms with Gasteiger partial charge in [-0.15, -0.1) is 0 Å². The predicted molar refractivity (Wildman–Crippen MR) is 128 cm³/mol. The Morgan fingerprint density at radius 3 is 1.80 bits per heavy atom. The summed E-state index contributed by atoms with van der Waals surface area (Å²) in [5, 5.41) is 25.6. The van der Waals surface area contributed by atoms with Crippen molar-refractivity contribution < 1.29 is 34.2 Å². The average Bonchev–Trinajstić information content (AvgIpc) is 2.74. The molecule has 0 bridgehead atoms. The number of rotatable bonds is 16. The second kappa shape index (κ2) is 15.5. The Hall–Kier alpha value is -3.42. The topological polar surface area (TPSA) is 252 Å². The number of nitrogens with one attached hydrogen (secondary N) is 3. The van der Waals surface area contributed by atoms with Gasteiger partial charge in [-0.25, -0.2) is 4.79 Å². The van der Waals surface area contributed by atoms with Crippen molar-refractivity contribution in [1.82, 2.24) is 16.0 Å². The summed E-state index contributed by atoms with van der Waals surface area (Å²) >= 11 is 0. The van der Waals surface area contributed by atoms with Crippen LogP contribution >= 0.6 is 0 Å². The van der Waals surface area contributed by atoms with Crippen molar-refractivity contribution in [3.8, 4) is 0 Å². The van der Waals surface area contributed by atoms with Gasteiger partial charge in [0.1, 0.15) is 18.1 Å². The van der Waals surface area contributed by atoms with Crippen LogP contribution in [0.2, 0.25) is 0 Å². The zero-order chi connectivity index (χ0) is 27.3. The average molecular weight is 502 g/mol. The third-order valence-electron chi connectivity index (χ3n) is 5.06. The molecule has 0 radical (unpaired) electrons. The van der Waals surface area contributed by atoms with Gasteiger partial charge in [0.05, 0.1) is 6.04 Å². The van der Waals surface area contributed by atoms with E-state index in [4.69, 9.17) is 22.3 Å². The molecule has 0 aliphatic heterocycles. The third kappa shape index (κ3) is 12.6. The minimum atomic E-state index is -1.33. The van der Waals surface area contributed by atoms with Gasteiger partial charge in [-0.3, -0.25) is 24.2 Å². The smallest absolute Gasteiger partial charge is 0.326 e. The Balaban J connectivity index is 5.37. The first-order chi connectivity index (χ1) is 16.2. The Bertz CT molecular complexity index is 782. The molecule has 0 aliphatic carbocycles. The number of hydrogen-bond donors (Lipinski definition) is 8. The lowest BCUT2D eigenvalue weighted by Crippen LogP contribution is -2.58. The number of carboxylic acid groups (broad SMARTS) is 2. The minimum absolute atomic E-state index is 0.0795. The molecule has 0 fully saturated rings. The Kier molecular flexibility index (Phi) is 14.0. The molecule has 0 spiro atoms. The Morgan fingerprint density at radius 2 is 1.34 bits per heavy atom. The van der Waals surface area contributed by atoms with Crippen LogP contribution in [-0.4, -0.2) is 76.5 Å². The van der Waals surface area contributed by atoms with E-state index in [1.807, 2.05) is 0 Å². The standard InChI is InChI=1S/C21H39N7O7/c1-10(2)15(27-17(31)12(22)6-5-9-25-21(23)24)19(33)26-13(7-8-14(29)30)18(32)28-16(11(3)4)20(34)35/h10-13,15-16H,5-9,22H2,1-4H3,(H,26,33)(H,27,31)(H,28,32)(H,29,30)(H,34,35)(H4,23,24,25). The molecule has 14 nitrogen and oxygen atoms in total. The highest BCUT2D eigenvalue weighted by Crippen LogP contribution is 2.08. The molecule has 4 unspecified atom stereocenters. The monoisotopic (exact) mass is 501 g/mol. The van der Waals surface area contributed by atoms with Crippen LogP contribution in [0, 0.1) is 11.8 Å². The van der Waals surface area contributed by atoms with E-state index in [0.29, 0.717) is 6.42 Å². The van der Waals surface area contributed by atoms with E-state index in [9.17, 15) is 29.1 Å². The molecule has 0 aromatic rings.